The van der Waals surface area contributed by atoms with Gasteiger partial charge >= 0.3 is 0 Å². The van der Waals surface area contributed by atoms with E-state index in [1.165, 1.54) is 11.8 Å². The highest BCUT2D eigenvalue weighted by Gasteiger charge is 2.23. The van der Waals surface area contributed by atoms with Crippen molar-refractivity contribution in [1.82, 2.24) is 5.32 Å². The van der Waals surface area contributed by atoms with Crippen LogP contribution in [0.25, 0.3) is 6.08 Å². The summed E-state index contributed by atoms with van der Waals surface area (Å²) in [5.41, 5.74) is 2.97. The first kappa shape index (κ1) is 31.6. The van der Waals surface area contributed by atoms with Gasteiger partial charge in [-0.15, -0.1) is 11.8 Å². The fraction of sp³-hybridized carbons (Fsp3) is 0.0278. The topological polar surface area (TPSA) is 87.3 Å². The largest absolute Gasteiger partial charge is 0.325 e. The third-order valence-electron chi connectivity index (χ3n) is 6.47. The first-order valence-corrected chi connectivity index (χ1v) is 15.5. The van der Waals surface area contributed by atoms with E-state index < -0.39 is 17.1 Å². The highest BCUT2D eigenvalue weighted by atomic mass is 35.5. The lowest BCUT2D eigenvalue weighted by molar-refractivity contribution is -0.116. The highest BCUT2D eigenvalue weighted by molar-refractivity contribution is 8.00. The molecule has 5 aromatic rings. The fourth-order valence-corrected chi connectivity index (χ4v) is 5.83. The maximum atomic E-state index is 13.6. The quantitative estimate of drug-likeness (QED) is 0.104. The highest BCUT2D eigenvalue weighted by Crippen LogP contribution is 2.37. The first-order chi connectivity index (χ1) is 21.8. The molecule has 0 fully saturated rings. The van der Waals surface area contributed by atoms with Crippen LogP contribution >= 0.6 is 35.0 Å². The Balaban J connectivity index is 1.37. The van der Waals surface area contributed by atoms with Crippen molar-refractivity contribution in [2.45, 2.75) is 10.1 Å². The van der Waals surface area contributed by atoms with Gasteiger partial charge in [-0.3, -0.25) is 14.4 Å². The van der Waals surface area contributed by atoms with E-state index in [0.29, 0.717) is 32.5 Å². The van der Waals surface area contributed by atoms with Gasteiger partial charge in [-0.2, -0.15) is 0 Å². The van der Waals surface area contributed by atoms with Crippen molar-refractivity contribution in [2.24, 2.45) is 0 Å². The Hall–Kier alpha value is -4.82. The van der Waals surface area contributed by atoms with Crippen molar-refractivity contribution in [2.75, 3.05) is 10.6 Å². The Morgan fingerprint density at radius 3 is 1.96 bits per heavy atom. The van der Waals surface area contributed by atoms with E-state index in [4.69, 9.17) is 23.2 Å². The van der Waals surface area contributed by atoms with E-state index in [0.717, 1.165) is 10.5 Å². The molecule has 3 amide bonds. The molecule has 0 aliphatic rings. The van der Waals surface area contributed by atoms with E-state index in [1.807, 2.05) is 36.4 Å². The summed E-state index contributed by atoms with van der Waals surface area (Å²) < 4.78 is 0. The average molecular weight is 653 g/mol. The summed E-state index contributed by atoms with van der Waals surface area (Å²) in [6.07, 6.45) is 1.56. The zero-order valence-corrected chi connectivity index (χ0v) is 26.1. The van der Waals surface area contributed by atoms with Crippen LogP contribution in [0.3, 0.4) is 0 Å². The zero-order valence-electron chi connectivity index (χ0n) is 23.7. The van der Waals surface area contributed by atoms with Crippen molar-refractivity contribution >= 4 is 70.1 Å². The fourth-order valence-electron chi connectivity index (χ4n) is 4.36. The summed E-state index contributed by atoms with van der Waals surface area (Å²) >= 11 is 13.6. The van der Waals surface area contributed by atoms with Crippen LogP contribution in [0.2, 0.25) is 10.0 Å². The second kappa shape index (κ2) is 15.3. The van der Waals surface area contributed by atoms with Gasteiger partial charge in [0.25, 0.3) is 11.8 Å². The summed E-state index contributed by atoms with van der Waals surface area (Å²) in [7, 11) is 0. The number of amides is 3. The van der Waals surface area contributed by atoms with Crippen molar-refractivity contribution < 1.29 is 14.4 Å². The lowest BCUT2D eigenvalue weighted by Gasteiger charge is -2.18. The van der Waals surface area contributed by atoms with E-state index in [2.05, 4.69) is 16.0 Å². The second-order valence-corrected chi connectivity index (χ2v) is 11.9. The lowest BCUT2D eigenvalue weighted by Crippen LogP contribution is -2.30. The van der Waals surface area contributed by atoms with Crippen molar-refractivity contribution in [3.05, 3.63) is 166 Å². The molecule has 224 valence electrons. The molecule has 1 unspecified atom stereocenters. The number of carbonyl (C=O) groups is 3. The first-order valence-electron chi connectivity index (χ1n) is 13.9. The molecule has 5 rings (SSSR count). The van der Waals surface area contributed by atoms with Gasteiger partial charge in [0.1, 0.15) is 10.9 Å². The maximum absolute atomic E-state index is 13.6. The minimum absolute atomic E-state index is 0.0345. The Bertz CT molecular complexity index is 1850. The van der Waals surface area contributed by atoms with Crippen LogP contribution in [0.15, 0.2) is 144 Å². The summed E-state index contributed by atoms with van der Waals surface area (Å²) in [6.45, 7) is 0. The lowest BCUT2D eigenvalue weighted by atomic mass is 10.1. The number of nitrogens with one attached hydrogen (secondary N) is 3. The number of anilines is 2. The number of hydrogen-bond acceptors (Lipinski definition) is 4. The minimum atomic E-state index is -0.598. The van der Waals surface area contributed by atoms with Gasteiger partial charge in [0.05, 0.1) is 0 Å². The summed E-state index contributed by atoms with van der Waals surface area (Å²) in [5, 5.41) is 8.98. The molecule has 0 aromatic heterocycles. The second-order valence-electron chi connectivity index (χ2n) is 9.82. The number of benzene rings is 5. The predicted molar refractivity (Wildman–Crippen MR) is 184 cm³/mol. The van der Waals surface area contributed by atoms with Gasteiger partial charge in [-0.1, -0.05) is 96.0 Å². The molecule has 0 aliphatic carbocycles. The van der Waals surface area contributed by atoms with Gasteiger partial charge in [-0.25, -0.2) is 0 Å². The Morgan fingerprint density at radius 2 is 1.27 bits per heavy atom. The molecule has 0 aliphatic heterocycles. The Morgan fingerprint density at radius 1 is 0.644 bits per heavy atom. The number of halogens is 2. The molecule has 45 heavy (non-hydrogen) atoms. The third kappa shape index (κ3) is 9.09. The smallest absolute Gasteiger partial charge is 0.272 e. The molecule has 6 nitrogen and oxygen atoms in total. The molecular formula is C36H27Cl2N3O3S. The van der Waals surface area contributed by atoms with Crippen LogP contribution < -0.4 is 16.0 Å². The monoisotopic (exact) mass is 651 g/mol. The Labute approximate surface area is 275 Å². The van der Waals surface area contributed by atoms with Crippen molar-refractivity contribution in [3.63, 3.8) is 0 Å². The molecule has 1 atom stereocenters. The molecule has 0 saturated carbocycles. The van der Waals surface area contributed by atoms with Gasteiger partial charge in [-0.05, 0) is 77.9 Å². The van der Waals surface area contributed by atoms with Crippen LogP contribution in [-0.4, -0.2) is 17.7 Å². The molecule has 0 radical (unpaired) electrons. The van der Waals surface area contributed by atoms with Crippen molar-refractivity contribution in [3.8, 4) is 0 Å². The molecule has 9 heteroatoms. The van der Waals surface area contributed by atoms with Crippen LogP contribution in [0.1, 0.15) is 26.7 Å². The van der Waals surface area contributed by atoms with E-state index >= 15 is 0 Å². The van der Waals surface area contributed by atoms with Gasteiger partial charge in [0.2, 0.25) is 5.91 Å². The zero-order chi connectivity index (χ0) is 31.6. The molecule has 3 N–H and O–H groups in total. The standard InChI is InChI=1S/C36H27Cl2N3O3S/c37-27-15-7-10-24(20-27)21-32(41-34(42)26-13-5-2-6-14-26)35(43)39-30-18-9-19-31(23-30)45-33(25-11-3-1-4-12-25)36(44)40-29-17-8-16-28(38)22-29/h1-23,33H,(H,39,43)(H,40,44)(H,41,42)/b32-21-. The minimum Gasteiger partial charge on any atom is -0.325 e. The molecule has 0 heterocycles. The van der Waals surface area contributed by atoms with Crippen LogP contribution in [-0.2, 0) is 9.59 Å². The molecule has 0 saturated heterocycles. The van der Waals surface area contributed by atoms with E-state index in [1.54, 1.807) is 103 Å². The van der Waals surface area contributed by atoms with Gasteiger partial charge in [0.15, 0.2) is 0 Å². The van der Waals surface area contributed by atoms with E-state index in [-0.39, 0.29) is 11.6 Å². The predicted octanol–water partition coefficient (Wildman–Crippen LogP) is 8.88. The molecule has 5 aromatic carbocycles. The van der Waals surface area contributed by atoms with Gasteiger partial charge < -0.3 is 16.0 Å². The maximum Gasteiger partial charge on any atom is 0.272 e. The van der Waals surface area contributed by atoms with Gasteiger partial charge in [0, 0.05) is 31.9 Å². The van der Waals surface area contributed by atoms with Crippen LogP contribution in [0, 0.1) is 0 Å². The molecular weight excluding hydrogens is 625 g/mol. The number of carbonyl (C=O) groups excluding carboxylic acids is 3. The number of hydrogen-bond donors (Lipinski definition) is 3. The normalized spacial score (nSPS) is 11.7. The van der Waals surface area contributed by atoms with Crippen LogP contribution in [0.4, 0.5) is 11.4 Å². The van der Waals surface area contributed by atoms with E-state index in [9.17, 15) is 14.4 Å². The summed E-state index contributed by atoms with van der Waals surface area (Å²) in [5.74, 6) is -1.18. The average Bonchev–Trinajstić information content (AvgIpc) is 3.04. The summed E-state index contributed by atoms with van der Waals surface area (Å²) in [4.78, 5) is 40.8. The Kier molecular flexibility index (Phi) is 10.7. The molecule has 0 spiro atoms. The number of rotatable bonds is 10. The van der Waals surface area contributed by atoms with Crippen molar-refractivity contribution in [1.29, 1.82) is 0 Å². The number of thioether (sulfide) groups is 1. The molecule has 0 bridgehead atoms. The van der Waals surface area contributed by atoms with Crippen LogP contribution in [0.5, 0.6) is 0 Å². The third-order valence-corrected chi connectivity index (χ3v) is 8.19. The SMILES string of the molecule is O=C(Nc1cccc(SC(C(=O)Nc2cccc(Cl)c2)c2ccccc2)c1)/C(=C/c1cccc(Cl)c1)NC(=O)c1ccccc1. The summed E-state index contributed by atoms with van der Waals surface area (Å²) in [6, 6.07) is 39.2.